The van der Waals surface area contributed by atoms with Gasteiger partial charge in [0.1, 0.15) is 5.82 Å². The van der Waals surface area contributed by atoms with Gasteiger partial charge in [-0.25, -0.2) is 9.18 Å². The van der Waals surface area contributed by atoms with E-state index >= 15 is 0 Å². The number of hydrogen-bond donors (Lipinski definition) is 2. The van der Waals surface area contributed by atoms with Gasteiger partial charge in [0.15, 0.2) is 0 Å². The number of nitrogens with one attached hydrogen (secondary N) is 2. The first-order valence-corrected chi connectivity index (χ1v) is 7.06. The lowest BCUT2D eigenvalue weighted by Crippen LogP contribution is -2.44. The summed E-state index contributed by atoms with van der Waals surface area (Å²) in [5.74, 6) is -0.0411. The topological polar surface area (TPSA) is 61.4 Å². The molecule has 1 fully saturated rings. The Hall–Kier alpha value is -2.11. The van der Waals surface area contributed by atoms with E-state index in [9.17, 15) is 14.0 Å². The average Bonchev–Trinajstić information content (AvgIpc) is 2.78. The standard InChI is InChI=1S/C15H20FN3O2/c1-10(2)8-17-15(21)18-12-7-14(20)19(9-12)13-5-3-11(16)4-6-13/h3-6,10,12H,7-9H2,1-2H3,(H2,17,18,21). The molecule has 0 aliphatic carbocycles. The van der Waals surface area contributed by atoms with Crippen molar-refractivity contribution in [2.24, 2.45) is 5.92 Å². The predicted octanol–water partition coefficient (Wildman–Crippen LogP) is 1.89. The minimum Gasteiger partial charge on any atom is -0.338 e. The Balaban J connectivity index is 1.90. The highest BCUT2D eigenvalue weighted by molar-refractivity contribution is 5.96. The summed E-state index contributed by atoms with van der Waals surface area (Å²) in [6.07, 6.45) is 0.256. The quantitative estimate of drug-likeness (QED) is 0.890. The van der Waals surface area contributed by atoms with E-state index in [0.29, 0.717) is 24.7 Å². The summed E-state index contributed by atoms with van der Waals surface area (Å²) in [5.41, 5.74) is 0.647. The molecule has 5 nitrogen and oxygen atoms in total. The molecule has 3 amide bonds. The Bertz CT molecular complexity index is 516. The van der Waals surface area contributed by atoms with Gasteiger partial charge in [0.05, 0.1) is 6.04 Å². The summed E-state index contributed by atoms with van der Waals surface area (Å²) in [6, 6.07) is 5.28. The monoisotopic (exact) mass is 293 g/mol. The van der Waals surface area contributed by atoms with Crippen LogP contribution in [0.15, 0.2) is 24.3 Å². The normalized spacial score (nSPS) is 18.2. The third-order valence-corrected chi connectivity index (χ3v) is 3.27. The zero-order valence-corrected chi connectivity index (χ0v) is 12.2. The number of benzene rings is 1. The maximum atomic E-state index is 12.9. The molecule has 1 heterocycles. The maximum Gasteiger partial charge on any atom is 0.315 e. The molecule has 0 spiro atoms. The smallest absolute Gasteiger partial charge is 0.315 e. The van der Waals surface area contributed by atoms with Gasteiger partial charge in [-0.05, 0) is 30.2 Å². The van der Waals surface area contributed by atoms with Crippen LogP contribution in [0.25, 0.3) is 0 Å². The van der Waals surface area contributed by atoms with Gasteiger partial charge >= 0.3 is 6.03 Å². The number of halogens is 1. The first-order chi connectivity index (χ1) is 9.95. The van der Waals surface area contributed by atoms with Crippen molar-refractivity contribution in [1.29, 1.82) is 0 Å². The highest BCUT2D eigenvalue weighted by Gasteiger charge is 2.31. The Morgan fingerprint density at radius 2 is 2.05 bits per heavy atom. The van der Waals surface area contributed by atoms with Crippen molar-refractivity contribution in [2.45, 2.75) is 26.3 Å². The number of urea groups is 1. The fraction of sp³-hybridized carbons (Fsp3) is 0.467. The highest BCUT2D eigenvalue weighted by atomic mass is 19.1. The Morgan fingerprint density at radius 1 is 1.38 bits per heavy atom. The van der Waals surface area contributed by atoms with Crippen LogP contribution in [0.5, 0.6) is 0 Å². The highest BCUT2D eigenvalue weighted by Crippen LogP contribution is 2.21. The first-order valence-electron chi connectivity index (χ1n) is 7.06. The largest absolute Gasteiger partial charge is 0.338 e. The molecule has 114 valence electrons. The lowest BCUT2D eigenvalue weighted by molar-refractivity contribution is -0.117. The van der Waals surface area contributed by atoms with E-state index in [0.717, 1.165) is 0 Å². The molecule has 1 aliphatic rings. The molecule has 0 aromatic heterocycles. The van der Waals surface area contributed by atoms with Gasteiger partial charge in [0.25, 0.3) is 0 Å². The molecule has 2 N–H and O–H groups in total. The fourth-order valence-corrected chi connectivity index (χ4v) is 2.21. The summed E-state index contributed by atoms with van der Waals surface area (Å²) in [7, 11) is 0. The van der Waals surface area contributed by atoms with Crippen molar-refractivity contribution in [3.05, 3.63) is 30.1 Å². The van der Waals surface area contributed by atoms with Crippen LogP contribution >= 0.6 is 0 Å². The zero-order valence-electron chi connectivity index (χ0n) is 12.2. The minimum absolute atomic E-state index is 0.0734. The predicted molar refractivity (Wildman–Crippen MR) is 78.5 cm³/mol. The Labute approximate surface area is 123 Å². The molecule has 1 aromatic carbocycles. The Kier molecular flexibility index (Phi) is 4.77. The van der Waals surface area contributed by atoms with Gasteiger partial charge < -0.3 is 15.5 Å². The molecular formula is C15H20FN3O2. The van der Waals surface area contributed by atoms with Gasteiger partial charge in [-0.2, -0.15) is 0 Å². The van der Waals surface area contributed by atoms with Crippen LogP contribution in [-0.4, -0.2) is 31.1 Å². The molecule has 0 radical (unpaired) electrons. The summed E-state index contributed by atoms with van der Waals surface area (Å²) in [6.45, 7) is 5.01. The number of amides is 3. The molecule has 21 heavy (non-hydrogen) atoms. The SMILES string of the molecule is CC(C)CNC(=O)NC1CC(=O)N(c2ccc(F)cc2)C1. The van der Waals surface area contributed by atoms with Gasteiger partial charge in [-0.1, -0.05) is 13.8 Å². The Morgan fingerprint density at radius 3 is 2.67 bits per heavy atom. The van der Waals surface area contributed by atoms with Crippen LogP contribution < -0.4 is 15.5 Å². The van der Waals surface area contributed by atoms with Gasteiger partial charge in [-0.15, -0.1) is 0 Å². The van der Waals surface area contributed by atoms with Crippen molar-refractivity contribution < 1.29 is 14.0 Å². The van der Waals surface area contributed by atoms with Gasteiger partial charge in [0.2, 0.25) is 5.91 Å². The maximum absolute atomic E-state index is 12.9. The molecular weight excluding hydrogens is 273 g/mol. The van der Waals surface area contributed by atoms with E-state index in [1.54, 1.807) is 17.0 Å². The third kappa shape index (κ3) is 4.18. The molecule has 6 heteroatoms. The van der Waals surface area contributed by atoms with E-state index in [1.807, 2.05) is 13.8 Å². The van der Waals surface area contributed by atoms with Crippen LogP contribution in [0, 0.1) is 11.7 Å². The van der Waals surface area contributed by atoms with Crippen LogP contribution in [-0.2, 0) is 4.79 Å². The van der Waals surface area contributed by atoms with E-state index < -0.39 is 0 Å². The van der Waals surface area contributed by atoms with Crippen molar-refractivity contribution in [3.63, 3.8) is 0 Å². The lowest BCUT2D eigenvalue weighted by Gasteiger charge is -2.17. The molecule has 0 saturated carbocycles. The van der Waals surface area contributed by atoms with Crippen molar-refractivity contribution in [3.8, 4) is 0 Å². The van der Waals surface area contributed by atoms with Crippen LogP contribution in [0.2, 0.25) is 0 Å². The summed E-state index contributed by atoms with van der Waals surface area (Å²) in [4.78, 5) is 25.2. The van der Waals surface area contributed by atoms with Gasteiger partial charge in [0, 0.05) is 25.2 Å². The summed E-state index contributed by atoms with van der Waals surface area (Å²) < 4.78 is 12.9. The number of rotatable bonds is 4. The molecule has 0 bridgehead atoms. The molecule has 1 aliphatic heterocycles. The zero-order chi connectivity index (χ0) is 15.4. The van der Waals surface area contributed by atoms with Crippen molar-refractivity contribution in [2.75, 3.05) is 18.0 Å². The van der Waals surface area contributed by atoms with Crippen molar-refractivity contribution >= 4 is 17.6 Å². The number of anilines is 1. The van der Waals surface area contributed by atoms with E-state index in [2.05, 4.69) is 10.6 Å². The number of carbonyl (C=O) groups excluding carboxylic acids is 2. The number of nitrogens with zero attached hydrogens (tertiary/aromatic N) is 1. The van der Waals surface area contributed by atoms with E-state index in [4.69, 9.17) is 0 Å². The average molecular weight is 293 g/mol. The fourth-order valence-electron chi connectivity index (χ4n) is 2.21. The molecule has 2 rings (SSSR count). The first kappa shape index (κ1) is 15.3. The minimum atomic E-state index is -0.340. The lowest BCUT2D eigenvalue weighted by atomic mass is 10.2. The molecule has 1 unspecified atom stereocenters. The number of carbonyl (C=O) groups is 2. The molecule has 1 atom stereocenters. The van der Waals surface area contributed by atoms with E-state index in [-0.39, 0.29) is 30.2 Å². The molecule has 1 aromatic rings. The van der Waals surface area contributed by atoms with Crippen molar-refractivity contribution in [1.82, 2.24) is 10.6 Å². The second-order valence-corrected chi connectivity index (χ2v) is 5.63. The number of hydrogen-bond acceptors (Lipinski definition) is 2. The van der Waals surface area contributed by atoms with Crippen LogP contribution in [0.4, 0.5) is 14.9 Å². The van der Waals surface area contributed by atoms with Crippen LogP contribution in [0.1, 0.15) is 20.3 Å². The third-order valence-electron chi connectivity index (χ3n) is 3.27. The van der Waals surface area contributed by atoms with Crippen LogP contribution in [0.3, 0.4) is 0 Å². The van der Waals surface area contributed by atoms with E-state index in [1.165, 1.54) is 12.1 Å². The second-order valence-electron chi connectivity index (χ2n) is 5.63. The second kappa shape index (κ2) is 6.56. The summed E-state index contributed by atoms with van der Waals surface area (Å²) in [5, 5.41) is 5.55. The van der Waals surface area contributed by atoms with Gasteiger partial charge in [-0.3, -0.25) is 4.79 Å². The summed E-state index contributed by atoms with van der Waals surface area (Å²) >= 11 is 0. The molecule has 1 saturated heterocycles.